The Labute approximate surface area is 111 Å². The van der Waals surface area contributed by atoms with E-state index in [1.54, 1.807) is 18.2 Å². The summed E-state index contributed by atoms with van der Waals surface area (Å²) in [5.41, 5.74) is 0.556. The van der Waals surface area contributed by atoms with Gasteiger partial charge in [-0.1, -0.05) is 29.3 Å². The standard InChI is InChI=1S/C9H3Cl4N3/c10-5-3-1-2-4(6(5)11)7-14-8(12)16-9(13)15-7/h1-3H. The van der Waals surface area contributed by atoms with Crippen molar-refractivity contribution in [2.75, 3.05) is 0 Å². The summed E-state index contributed by atoms with van der Waals surface area (Å²) in [6.07, 6.45) is 0. The van der Waals surface area contributed by atoms with Crippen LogP contribution in [0.4, 0.5) is 0 Å². The first-order valence-corrected chi connectivity index (χ1v) is 5.60. The van der Waals surface area contributed by atoms with Gasteiger partial charge in [0.05, 0.1) is 10.0 Å². The second kappa shape index (κ2) is 4.72. The zero-order valence-corrected chi connectivity index (χ0v) is 10.6. The molecule has 0 spiro atoms. The van der Waals surface area contributed by atoms with Gasteiger partial charge in [-0.2, -0.15) is 15.0 Å². The Bertz CT molecular complexity index is 524. The predicted molar refractivity (Wildman–Crippen MR) is 65.3 cm³/mol. The molecular weight excluding hydrogens is 292 g/mol. The van der Waals surface area contributed by atoms with E-state index in [0.29, 0.717) is 15.6 Å². The fraction of sp³-hybridized carbons (Fsp3) is 0. The van der Waals surface area contributed by atoms with Gasteiger partial charge in [0.2, 0.25) is 10.6 Å². The van der Waals surface area contributed by atoms with Crippen LogP contribution in [0.25, 0.3) is 11.4 Å². The predicted octanol–water partition coefficient (Wildman–Crippen LogP) is 4.15. The number of nitrogens with zero attached hydrogens (tertiary/aromatic N) is 3. The Kier molecular flexibility index (Phi) is 3.50. The van der Waals surface area contributed by atoms with Gasteiger partial charge in [-0.3, -0.25) is 0 Å². The fourth-order valence-electron chi connectivity index (χ4n) is 1.12. The lowest BCUT2D eigenvalue weighted by molar-refractivity contribution is 1.06. The van der Waals surface area contributed by atoms with Gasteiger partial charge in [0.25, 0.3) is 0 Å². The highest BCUT2D eigenvalue weighted by Crippen LogP contribution is 2.32. The van der Waals surface area contributed by atoms with Crippen LogP contribution in [0.1, 0.15) is 0 Å². The van der Waals surface area contributed by atoms with Gasteiger partial charge in [-0.25, -0.2) is 0 Å². The second-order valence-corrected chi connectivity index (χ2v) is 4.26. The van der Waals surface area contributed by atoms with E-state index >= 15 is 0 Å². The fourth-order valence-corrected chi connectivity index (χ4v) is 1.87. The maximum absolute atomic E-state index is 6.01. The van der Waals surface area contributed by atoms with Crippen LogP contribution >= 0.6 is 46.4 Å². The van der Waals surface area contributed by atoms with Crippen molar-refractivity contribution in [3.63, 3.8) is 0 Å². The number of rotatable bonds is 1. The lowest BCUT2D eigenvalue weighted by Crippen LogP contribution is -1.94. The number of hydrogen-bond acceptors (Lipinski definition) is 3. The van der Waals surface area contributed by atoms with Crippen LogP contribution < -0.4 is 0 Å². The van der Waals surface area contributed by atoms with Gasteiger partial charge in [0.1, 0.15) is 0 Å². The zero-order valence-electron chi connectivity index (χ0n) is 7.59. The highest BCUT2D eigenvalue weighted by atomic mass is 35.5. The molecule has 0 radical (unpaired) electrons. The molecule has 0 aliphatic rings. The Morgan fingerprint density at radius 1 is 0.812 bits per heavy atom. The summed E-state index contributed by atoms with van der Waals surface area (Å²) >= 11 is 23.2. The molecular formula is C9H3Cl4N3. The van der Waals surface area contributed by atoms with Crippen LogP contribution in [0.2, 0.25) is 20.6 Å². The summed E-state index contributed by atoms with van der Waals surface area (Å²) in [4.78, 5) is 11.5. The van der Waals surface area contributed by atoms with Gasteiger partial charge < -0.3 is 0 Å². The molecule has 0 saturated heterocycles. The molecule has 2 aromatic rings. The van der Waals surface area contributed by atoms with Crippen molar-refractivity contribution in [1.29, 1.82) is 0 Å². The molecule has 0 bridgehead atoms. The first-order valence-electron chi connectivity index (χ1n) is 4.09. The number of hydrogen-bond donors (Lipinski definition) is 0. The number of aromatic nitrogens is 3. The molecule has 2 rings (SSSR count). The topological polar surface area (TPSA) is 38.7 Å². The largest absolute Gasteiger partial charge is 0.227 e. The summed E-state index contributed by atoms with van der Waals surface area (Å²) in [5, 5.41) is 0.770. The second-order valence-electron chi connectivity index (χ2n) is 2.80. The van der Waals surface area contributed by atoms with Crippen LogP contribution in [0, 0.1) is 0 Å². The van der Waals surface area contributed by atoms with Crippen molar-refractivity contribution < 1.29 is 0 Å². The van der Waals surface area contributed by atoms with E-state index in [9.17, 15) is 0 Å². The molecule has 0 unspecified atom stereocenters. The average Bonchev–Trinajstić information content (AvgIpc) is 2.20. The lowest BCUT2D eigenvalue weighted by atomic mass is 10.2. The van der Waals surface area contributed by atoms with Gasteiger partial charge in [0, 0.05) is 5.56 Å². The van der Waals surface area contributed by atoms with Crippen LogP contribution in [0.15, 0.2) is 18.2 Å². The first kappa shape index (κ1) is 11.9. The Morgan fingerprint density at radius 2 is 1.44 bits per heavy atom. The number of benzene rings is 1. The molecule has 1 heterocycles. The molecule has 1 aromatic heterocycles. The monoisotopic (exact) mass is 293 g/mol. The van der Waals surface area contributed by atoms with E-state index in [-0.39, 0.29) is 16.4 Å². The molecule has 0 aliphatic heterocycles. The third-order valence-electron chi connectivity index (χ3n) is 1.77. The normalized spacial score (nSPS) is 10.5. The van der Waals surface area contributed by atoms with Gasteiger partial charge in [-0.15, -0.1) is 0 Å². The van der Waals surface area contributed by atoms with E-state index in [2.05, 4.69) is 15.0 Å². The SMILES string of the molecule is Clc1nc(Cl)nc(-c2cccc(Cl)c2Cl)n1. The minimum atomic E-state index is 0.00559. The van der Waals surface area contributed by atoms with Crippen molar-refractivity contribution in [2.24, 2.45) is 0 Å². The van der Waals surface area contributed by atoms with Gasteiger partial charge >= 0.3 is 0 Å². The molecule has 0 fully saturated rings. The lowest BCUT2D eigenvalue weighted by Gasteiger charge is -2.04. The Morgan fingerprint density at radius 3 is 2.06 bits per heavy atom. The zero-order chi connectivity index (χ0) is 11.7. The molecule has 82 valence electrons. The van der Waals surface area contributed by atoms with Crippen molar-refractivity contribution in [2.45, 2.75) is 0 Å². The highest BCUT2D eigenvalue weighted by molar-refractivity contribution is 6.43. The summed E-state index contributed by atoms with van der Waals surface area (Å²) in [7, 11) is 0. The molecule has 7 heteroatoms. The summed E-state index contributed by atoms with van der Waals surface area (Å²) in [6, 6.07) is 5.11. The van der Waals surface area contributed by atoms with Crippen molar-refractivity contribution in [3.8, 4) is 11.4 Å². The molecule has 0 saturated carbocycles. The van der Waals surface area contributed by atoms with E-state index in [1.807, 2.05) is 0 Å². The smallest absolute Gasteiger partial charge is 0.198 e. The molecule has 3 nitrogen and oxygen atoms in total. The van der Waals surface area contributed by atoms with Crippen LogP contribution in [-0.2, 0) is 0 Å². The van der Waals surface area contributed by atoms with E-state index in [4.69, 9.17) is 46.4 Å². The molecule has 0 aliphatic carbocycles. The highest BCUT2D eigenvalue weighted by Gasteiger charge is 2.11. The first-order chi connectivity index (χ1) is 7.58. The molecule has 0 N–H and O–H groups in total. The van der Waals surface area contributed by atoms with Crippen molar-refractivity contribution in [3.05, 3.63) is 38.8 Å². The molecule has 1 aromatic carbocycles. The van der Waals surface area contributed by atoms with E-state index in [1.165, 1.54) is 0 Å². The maximum atomic E-state index is 6.01. The van der Waals surface area contributed by atoms with Crippen LogP contribution in [-0.4, -0.2) is 15.0 Å². The maximum Gasteiger partial charge on any atom is 0.227 e. The summed E-state index contributed by atoms with van der Waals surface area (Å²) in [5.74, 6) is 0.289. The Balaban J connectivity index is 2.63. The molecule has 0 amide bonds. The third-order valence-corrected chi connectivity index (χ3v) is 2.93. The third kappa shape index (κ3) is 2.38. The minimum Gasteiger partial charge on any atom is -0.198 e. The van der Waals surface area contributed by atoms with E-state index < -0.39 is 0 Å². The van der Waals surface area contributed by atoms with Crippen molar-refractivity contribution in [1.82, 2.24) is 15.0 Å². The Hall–Kier alpha value is -0.610. The van der Waals surface area contributed by atoms with Crippen LogP contribution in [0.5, 0.6) is 0 Å². The average molecular weight is 295 g/mol. The summed E-state index contributed by atoms with van der Waals surface area (Å²) < 4.78 is 0. The number of halogens is 4. The quantitative estimate of drug-likeness (QED) is 0.793. The van der Waals surface area contributed by atoms with Gasteiger partial charge in [-0.05, 0) is 35.3 Å². The molecule has 16 heavy (non-hydrogen) atoms. The van der Waals surface area contributed by atoms with Crippen LogP contribution in [0.3, 0.4) is 0 Å². The van der Waals surface area contributed by atoms with Crippen molar-refractivity contribution >= 4 is 46.4 Å². The minimum absolute atomic E-state index is 0.00559. The summed E-state index contributed by atoms with van der Waals surface area (Å²) in [6.45, 7) is 0. The van der Waals surface area contributed by atoms with Gasteiger partial charge in [0.15, 0.2) is 5.82 Å². The van der Waals surface area contributed by atoms with E-state index in [0.717, 1.165) is 0 Å². The molecule has 0 atom stereocenters.